The second kappa shape index (κ2) is 25.8. The first-order valence-corrected chi connectivity index (χ1v) is 29.8. The van der Waals surface area contributed by atoms with E-state index < -0.39 is 5.41 Å². The van der Waals surface area contributed by atoms with Crippen molar-refractivity contribution in [3.63, 3.8) is 0 Å². The Labute approximate surface area is 441 Å². The molecular formula is C70H88O3. The Hall–Kier alpha value is -5.28. The molecule has 0 atom stereocenters. The number of fused-ring (bicyclic) bond motifs is 12. The van der Waals surface area contributed by atoms with Gasteiger partial charge in [-0.1, -0.05) is 254 Å². The topological polar surface area (TPSA) is 27.7 Å². The molecule has 0 aromatic heterocycles. The van der Waals surface area contributed by atoms with E-state index in [0.717, 1.165) is 47.0 Å². The molecule has 73 heavy (non-hydrogen) atoms. The minimum absolute atomic E-state index is 0.0217. The van der Waals surface area contributed by atoms with Crippen LogP contribution in [0.25, 0.3) is 33.4 Å². The van der Waals surface area contributed by atoms with Gasteiger partial charge in [-0.3, -0.25) is 0 Å². The molecule has 0 unspecified atom stereocenters. The second-order valence-corrected chi connectivity index (χ2v) is 22.1. The highest BCUT2D eigenvalue weighted by Crippen LogP contribution is 2.63. The first-order valence-electron chi connectivity index (χ1n) is 29.8. The average Bonchev–Trinajstić information content (AvgIpc) is 3.87. The van der Waals surface area contributed by atoms with Crippen LogP contribution in [0.15, 0.2) is 121 Å². The van der Waals surface area contributed by atoms with Crippen LogP contribution in [-0.4, -0.2) is 13.2 Å². The summed E-state index contributed by atoms with van der Waals surface area (Å²) in [6.45, 7) is 10.6. The van der Waals surface area contributed by atoms with Crippen LogP contribution in [-0.2, 0) is 10.8 Å². The zero-order valence-corrected chi connectivity index (χ0v) is 45.6. The molecule has 0 N–H and O–H groups in total. The van der Waals surface area contributed by atoms with Gasteiger partial charge in [-0.05, 0) is 106 Å². The van der Waals surface area contributed by atoms with Gasteiger partial charge in [0.1, 0.15) is 23.0 Å². The normalized spacial score (nSPS) is 14.0. The highest BCUT2D eigenvalue weighted by atomic mass is 16.5. The summed E-state index contributed by atoms with van der Waals surface area (Å²) in [5.74, 6) is 3.45. The Kier molecular flexibility index (Phi) is 18.6. The van der Waals surface area contributed by atoms with Gasteiger partial charge < -0.3 is 14.2 Å². The molecule has 0 saturated carbocycles. The molecule has 0 amide bonds. The largest absolute Gasteiger partial charge is 0.493 e. The van der Waals surface area contributed by atoms with Crippen LogP contribution in [0.4, 0.5) is 0 Å². The summed E-state index contributed by atoms with van der Waals surface area (Å²) in [7, 11) is 0. The zero-order chi connectivity index (χ0) is 50.3. The summed E-state index contributed by atoms with van der Waals surface area (Å²) in [6.07, 6.45) is 33.1. The number of benzene rings is 6. The first-order chi connectivity index (χ1) is 36.1. The van der Waals surface area contributed by atoms with Crippen molar-refractivity contribution < 1.29 is 14.2 Å². The monoisotopic (exact) mass is 977 g/mol. The molecule has 2 aliphatic carbocycles. The number of hydrogen-bond donors (Lipinski definition) is 0. The Morgan fingerprint density at radius 1 is 0.329 bits per heavy atom. The van der Waals surface area contributed by atoms with Gasteiger partial charge in [-0.15, -0.1) is 0 Å². The van der Waals surface area contributed by atoms with Crippen molar-refractivity contribution in [2.45, 2.75) is 205 Å². The molecule has 6 aromatic carbocycles. The van der Waals surface area contributed by atoms with E-state index in [1.165, 1.54) is 199 Å². The van der Waals surface area contributed by atoms with Gasteiger partial charge in [-0.2, -0.15) is 0 Å². The van der Waals surface area contributed by atoms with Crippen molar-refractivity contribution in [2.24, 2.45) is 0 Å². The summed E-state index contributed by atoms with van der Waals surface area (Å²) >= 11 is 0. The minimum Gasteiger partial charge on any atom is -0.493 e. The number of unbranched alkanes of at least 4 members (excludes halogenated alkanes) is 20. The molecule has 0 bridgehead atoms. The quantitative estimate of drug-likeness (QED) is 0.0406. The molecule has 386 valence electrons. The lowest BCUT2D eigenvalue weighted by Gasteiger charge is -2.39. The number of hydrogen-bond acceptors (Lipinski definition) is 3. The average molecular weight is 977 g/mol. The highest BCUT2D eigenvalue weighted by molar-refractivity contribution is 5.91. The second-order valence-electron chi connectivity index (χ2n) is 22.1. The van der Waals surface area contributed by atoms with Crippen molar-refractivity contribution in [1.82, 2.24) is 0 Å². The Bertz CT molecular complexity index is 2620. The Morgan fingerprint density at radius 2 is 0.726 bits per heavy atom. The van der Waals surface area contributed by atoms with E-state index in [0.29, 0.717) is 13.2 Å². The predicted octanol–water partition coefficient (Wildman–Crippen LogP) is 21.1. The molecule has 1 spiro atoms. The maximum Gasteiger partial charge on any atom is 0.135 e. The fourth-order valence-corrected chi connectivity index (χ4v) is 13.1. The molecule has 3 aliphatic rings. The van der Waals surface area contributed by atoms with Gasteiger partial charge >= 0.3 is 0 Å². The molecule has 1 heterocycles. The fourth-order valence-electron chi connectivity index (χ4n) is 13.1. The van der Waals surface area contributed by atoms with E-state index >= 15 is 0 Å². The summed E-state index contributed by atoms with van der Waals surface area (Å²) < 4.78 is 20.1. The lowest BCUT2D eigenvalue weighted by Crippen LogP contribution is -2.32. The molecule has 0 fully saturated rings. The SMILES string of the molecule is CCCCCCCCOc1ccc2c(c1)Oc1cc(OCCCCCCCC)ccc1C21c2ccccc2-c2ccc(-c3ccc4c(c3)C(CCCCCCCC)(CCCCCCCC)c3ccccc3-4)cc21. The molecule has 6 aromatic rings. The maximum atomic E-state index is 7.10. The third kappa shape index (κ3) is 11.4. The van der Waals surface area contributed by atoms with Crippen LogP contribution in [0.3, 0.4) is 0 Å². The molecule has 3 heteroatoms. The third-order valence-corrected chi connectivity index (χ3v) is 17.0. The van der Waals surface area contributed by atoms with Crippen LogP contribution in [0.2, 0.25) is 0 Å². The van der Waals surface area contributed by atoms with Crippen molar-refractivity contribution in [1.29, 1.82) is 0 Å². The lowest BCUT2D eigenvalue weighted by atomic mass is 9.65. The standard InChI is InChI=1S/C70H88O3/c1-5-9-13-17-21-29-45-69(46-30-22-18-14-10-6-2)61-35-27-25-33-57(61)59-41-37-53(49-65(59)69)54-38-42-60-58-34-26-28-36-62(58)70(66(60)50-54)63-43-39-55(71-47-31-23-19-15-11-7-3)51-67(63)73-68-52-56(40-44-64(68)70)72-48-32-24-20-16-12-8-4/h25-28,33-44,49-52H,5-24,29-32,45-48H2,1-4H3. The third-order valence-electron chi connectivity index (χ3n) is 17.0. The predicted molar refractivity (Wildman–Crippen MR) is 309 cm³/mol. The van der Waals surface area contributed by atoms with Gasteiger partial charge in [0.25, 0.3) is 0 Å². The van der Waals surface area contributed by atoms with E-state index in [1.54, 1.807) is 11.1 Å². The molecule has 0 saturated heterocycles. The van der Waals surface area contributed by atoms with Gasteiger partial charge in [0.15, 0.2) is 0 Å². The molecule has 0 radical (unpaired) electrons. The summed E-state index contributed by atoms with van der Waals surface area (Å²) in [5.41, 5.74) is 15.5. The van der Waals surface area contributed by atoms with E-state index in [9.17, 15) is 0 Å². The number of rotatable bonds is 31. The maximum absolute atomic E-state index is 7.10. The zero-order valence-electron chi connectivity index (χ0n) is 45.6. The fraction of sp³-hybridized carbons (Fsp3) is 0.486. The molecule has 9 rings (SSSR count). The van der Waals surface area contributed by atoms with Crippen LogP contribution in [0.5, 0.6) is 23.0 Å². The van der Waals surface area contributed by atoms with Gasteiger partial charge in [-0.25, -0.2) is 0 Å². The highest BCUT2D eigenvalue weighted by Gasteiger charge is 2.51. The molecule has 1 aliphatic heterocycles. The lowest BCUT2D eigenvalue weighted by molar-refractivity contribution is 0.300. The Morgan fingerprint density at radius 3 is 1.23 bits per heavy atom. The van der Waals surface area contributed by atoms with Crippen LogP contribution in [0, 0.1) is 0 Å². The van der Waals surface area contributed by atoms with Crippen LogP contribution in [0.1, 0.15) is 228 Å². The van der Waals surface area contributed by atoms with Crippen molar-refractivity contribution in [2.75, 3.05) is 13.2 Å². The van der Waals surface area contributed by atoms with Crippen molar-refractivity contribution in [3.8, 4) is 56.4 Å². The van der Waals surface area contributed by atoms with E-state index in [2.05, 4.69) is 149 Å². The molecule has 3 nitrogen and oxygen atoms in total. The molecular weight excluding hydrogens is 889 g/mol. The van der Waals surface area contributed by atoms with Gasteiger partial charge in [0.05, 0.1) is 18.6 Å². The smallest absolute Gasteiger partial charge is 0.135 e. The first kappa shape index (κ1) is 52.6. The van der Waals surface area contributed by atoms with Gasteiger partial charge in [0.2, 0.25) is 0 Å². The van der Waals surface area contributed by atoms with Gasteiger partial charge in [0, 0.05) is 28.7 Å². The summed E-state index contributed by atoms with van der Waals surface area (Å²) in [5, 5.41) is 0. The summed E-state index contributed by atoms with van der Waals surface area (Å²) in [6, 6.07) is 46.8. The van der Waals surface area contributed by atoms with E-state index in [-0.39, 0.29) is 5.41 Å². The van der Waals surface area contributed by atoms with E-state index in [4.69, 9.17) is 14.2 Å². The van der Waals surface area contributed by atoms with Crippen LogP contribution >= 0.6 is 0 Å². The van der Waals surface area contributed by atoms with Crippen LogP contribution < -0.4 is 14.2 Å². The number of ether oxygens (including phenoxy) is 3. The van der Waals surface area contributed by atoms with Crippen molar-refractivity contribution in [3.05, 3.63) is 155 Å². The van der Waals surface area contributed by atoms with Crippen molar-refractivity contribution >= 4 is 0 Å². The minimum atomic E-state index is -0.604. The Balaban J connectivity index is 1.11. The summed E-state index contributed by atoms with van der Waals surface area (Å²) in [4.78, 5) is 0. The van der Waals surface area contributed by atoms with E-state index in [1.807, 2.05) is 0 Å².